The molecular formula is C16H24N6O. The van der Waals surface area contributed by atoms with Gasteiger partial charge in [0.05, 0.1) is 19.3 Å². The Labute approximate surface area is 136 Å². The summed E-state index contributed by atoms with van der Waals surface area (Å²) in [7, 11) is 7.87. The number of hydrogen-bond donors (Lipinski definition) is 0. The van der Waals surface area contributed by atoms with Crippen LogP contribution in [0.15, 0.2) is 24.8 Å². The van der Waals surface area contributed by atoms with Gasteiger partial charge in [-0.3, -0.25) is 4.68 Å². The van der Waals surface area contributed by atoms with Crippen LogP contribution in [0.1, 0.15) is 12.0 Å². The maximum atomic E-state index is 5.24. The Bertz CT molecular complexity index is 656. The van der Waals surface area contributed by atoms with Crippen molar-refractivity contribution in [3.05, 3.63) is 30.4 Å². The van der Waals surface area contributed by atoms with Crippen molar-refractivity contribution >= 4 is 5.82 Å². The highest BCUT2D eigenvalue weighted by atomic mass is 16.5. The minimum Gasteiger partial charge on any atom is -0.481 e. The molecule has 0 spiro atoms. The van der Waals surface area contributed by atoms with Crippen molar-refractivity contribution in [2.75, 3.05) is 32.6 Å². The predicted octanol–water partition coefficient (Wildman–Crippen LogP) is 0.970. The summed E-state index contributed by atoms with van der Waals surface area (Å²) >= 11 is 0. The van der Waals surface area contributed by atoms with E-state index in [1.165, 1.54) is 5.56 Å². The van der Waals surface area contributed by atoms with E-state index in [0.717, 1.165) is 25.2 Å². The fourth-order valence-corrected chi connectivity index (χ4v) is 3.39. The number of anilines is 1. The zero-order valence-corrected chi connectivity index (χ0v) is 14.2. The molecule has 0 N–H and O–H groups in total. The lowest BCUT2D eigenvalue weighted by Gasteiger charge is -2.32. The Morgan fingerprint density at radius 1 is 1.35 bits per heavy atom. The van der Waals surface area contributed by atoms with Gasteiger partial charge in [0.1, 0.15) is 12.1 Å². The van der Waals surface area contributed by atoms with Gasteiger partial charge in [-0.1, -0.05) is 0 Å². The number of nitrogens with zero attached hydrogens (tertiary/aromatic N) is 6. The summed E-state index contributed by atoms with van der Waals surface area (Å²) in [5, 5.41) is 4.29. The van der Waals surface area contributed by atoms with Crippen molar-refractivity contribution in [2.45, 2.75) is 24.9 Å². The van der Waals surface area contributed by atoms with Crippen molar-refractivity contribution in [3.8, 4) is 5.88 Å². The molecule has 1 aliphatic rings. The van der Waals surface area contributed by atoms with E-state index < -0.39 is 0 Å². The first-order valence-electron chi connectivity index (χ1n) is 7.85. The Balaban J connectivity index is 1.87. The molecule has 7 heteroatoms. The number of ether oxygens (including phenoxy) is 1. The highest BCUT2D eigenvalue weighted by Gasteiger charge is 2.36. The summed E-state index contributed by atoms with van der Waals surface area (Å²) in [5.74, 6) is 1.53. The molecule has 1 aliphatic heterocycles. The third-order valence-corrected chi connectivity index (χ3v) is 4.51. The molecule has 2 aromatic heterocycles. The summed E-state index contributed by atoms with van der Waals surface area (Å²) in [6.07, 6.45) is 7.67. The SMILES string of the molecule is COc1cc(N2CC[C@@H](N(C)C)[C@@H]2Cc2cnn(C)c2)ncn1. The standard InChI is InChI=1S/C16H24N6O/c1-20(2)13-5-6-22(15-8-16(23-4)18-11-17-15)14(13)7-12-9-19-21(3)10-12/h8-11,13-14H,5-7H2,1-4H3/t13-,14+/m1/s1. The van der Waals surface area contributed by atoms with Crippen LogP contribution in [-0.4, -0.2) is 64.5 Å². The second kappa shape index (κ2) is 6.54. The first-order valence-corrected chi connectivity index (χ1v) is 7.85. The van der Waals surface area contributed by atoms with Crippen LogP contribution in [0, 0.1) is 0 Å². The van der Waals surface area contributed by atoms with Crippen molar-refractivity contribution in [3.63, 3.8) is 0 Å². The Hall–Kier alpha value is -2.15. The minimum atomic E-state index is 0.355. The average Bonchev–Trinajstić information content (AvgIpc) is 3.14. The zero-order valence-electron chi connectivity index (χ0n) is 14.2. The van der Waals surface area contributed by atoms with Gasteiger partial charge in [0, 0.05) is 31.9 Å². The summed E-state index contributed by atoms with van der Waals surface area (Å²) in [6.45, 7) is 0.980. The van der Waals surface area contributed by atoms with E-state index in [9.17, 15) is 0 Å². The van der Waals surface area contributed by atoms with Crippen molar-refractivity contribution in [2.24, 2.45) is 7.05 Å². The summed E-state index contributed by atoms with van der Waals surface area (Å²) in [5.41, 5.74) is 1.25. The van der Waals surface area contributed by atoms with Crippen LogP contribution in [0.2, 0.25) is 0 Å². The van der Waals surface area contributed by atoms with Crippen molar-refractivity contribution in [1.82, 2.24) is 24.6 Å². The third kappa shape index (κ3) is 3.29. The maximum absolute atomic E-state index is 5.24. The van der Waals surface area contributed by atoms with Gasteiger partial charge in [0.25, 0.3) is 0 Å². The van der Waals surface area contributed by atoms with Crippen LogP contribution < -0.4 is 9.64 Å². The molecule has 1 saturated heterocycles. The molecule has 0 aliphatic carbocycles. The van der Waals surface area contributed by atoms with E-state index >= 15 is 0 Å². The topological polar surface area (TPSA) is 59.3 Å². The van der Waals surface area contributed by atoms with E-state index in [0.29, 0.717) is 18.0 Å². The molecule has 2 atom stereocenters. The average molecular weight is 316 g/mol. The lowest BCUT2D eigenvalue weighted by Crippen LogP contribution is -2.43. The zero-order chi connectivity index (χ0) is 16.4. The fraction of sp³-hybridized carbons (Fsp3) is 0.562. The molecule has 0 saturated carbocycles. The summed E-state index contributed by atoms with van der Waals surface area (Å²) in [4.78, 5) is 13.2. The second-order valence-corrected chi connectivity index (χ2v) is 6.23. The highest BCUT2D eigenvalue weighted by Crippen LogP contribution is 2.29. The molecule has 0 radical (unpaired) electrons. The minimum absolute atomic E-state index is 0.355. The van der Waals surface area contributed by atoms with Gasteiger partial charge in [0.2, 0.25) is 5.88 Å². The second-order valence-electron chi connectivity index (χ2n) is 6.23. The molecule has 3 heterocycles. The van der Waals surface area contributed by atoms with Gasteiger partial charge in [-0.15, -0.1) is 0 Å². The molecule has 3 rings (SSSR count). The van der Waals surface area contributed by atoms with Crippen LogP contribution in [-0.2, 0) is 13.5 Å². The summed E-state index contributed by atoms with van der Waals surface area (Å²) in [6, 6.07) is 2.75. The third-order valence-electron chi connectivity index (χ3n) is 4.51. The summed E-state index contributed by atoms with van der Waals surface area (Å²) < 4.78 is 7.10. The smallest absolute Gasteiger partial charge is 0.218 e. The number of likely N-dealkylation sites (N-methyl/N-ethyl adjacent to an activating group) is 1. The van der Waals surface area contributed by atoms with E-state index in [2.05, 4.69) is 45.2 Å². The van der Waals surface area contributed by atoms with E-state index in [-0.39, 0.29) is 0 Å². The quantitative estimate of drug-likeness (QED) is 0.819. The maximum Gasteiger partial charge on any atom is 0.218 e. The van der Waals surface area contributed by atoms with Gasteiger partial charge in [-0.05, 0) is 32.5 Å². The Morgan fingerprint density at radius 3 is 2.83 bits per heavy atom. The first kappa shape index (κ1) is 15.7. The van der Waals surface area contributed by atoms with Crippen LogP contribution in [0.5, 0.6) is 5.88 Å². The van der Waals surface area contributed by atoms with Gasteiger partial charge >= 0.3 is 0 Å². The molecule has 1 fully saturated rings. The number of aromatic nitrogens is 4. The molecule has 23 heavy (non-hydrogen) atoms. The number of methoxy groups -OCH3 is 1. The first-order chi connectivity index (χ1) is 11.1. The molecule has 7 nitrogen and oxygen atoms in total. The fourth-order valence-electron chi connectivity index (χ4n) is 3.39. The Morgan fingerprint density at radius 2 is 2.17 bits per heavy atom. The lowest BCUT2D eigenvalue weighted by atomic mass is 10.0. The van der Waals surface area contributed by atoms with Gasteiger partial charge in [0.15, 0.2) is 0 Å². The van der Waals surface area contributed by atoms with Gasteiger partial charge in [-0.2, -0.15) is 5.10 Å². The van der Waals surface area contributed by atoms with Crippen LogP contribution in [0.25, 0.3) is 0 Å². The van der Waals surface area contributed by atoms with Crippen LogP contribution in [0.4, 0.5) is 5.82 Å². The molecule has 124 valence electrons. The Kier molecular flexibility index (Phi) is 4.47. The molecular weight excluding hydrogens is 292 g/mol. The molecule has 0 aromatic carbocycles. The van der Waals surface area contributed by atoms with E-state index in [1.54, 1.807) is 13.4 Å². The van der Waals surface area contributed by atoms with Crippen LogP contribution >= 0.6 is 0 Å². The van der Waals surface area contributed by atoms with Crippen LogP contribution in [0.3, 0.4) is 0 Å². The van der Waals surface area contributed by atoms with E-state index in [4.69, 9.17) is 4.74 Å². The number of aryl methyl sites for hydroxylation is 1. The van der Waals surface area contributed by atoms with Gasteiger partial charge < -0.3 is 14.5 Å². The molecule has 2 aromatic rings. The molecule has 0 bridgehead atoms. The largest absolute Gasteiger partial charge is 0.481 e. The number of rotatable bonds is 5. The number of hydrogen-bond acceptors (Lipinski definition) is 6. The molecule has 0 unspecified atom stereocenters. The predicted molar refractivity (Wildman–Crippen MR) is 88.7 cm³/mol. The monoisotopic (exact) mass is 316 g/mol. The van der Waals surface area contributed by atoms with E-state index in [1.807, 2.05) is 24.0 Å². The normalized spacial score (nSPS) is 21.2. The molecule has 0 amide bonds. The van der Waals surface area contributed by atoms with Crippen molar-refractivity contribution in [1.29, 1.82) is 0 Å². The highest BCUT2D eigenvalue weighted by molar-refractivity contribution is 5.44. The lowest BCUT2D eigenvalue weighted by molar-refractivity contribution is 0.274. The van der Waals surface area contributed by atoms with Gasteiger partial charge in [-0.25, -0.2) is 9.97 Å². The van der Waals surface area contributed by atoms with Crippen molar-refractivity contribution < 1.29 is 4.74 Å².